The number of thiazole rings is 1. The molecule has 11 heteroatoms. The first-order valence-electron chi connectivity index (χ1n) is 8.75. The number of nitrogens with one attached hydrogen (secondary N) is 1. The standard InChI is InChI=1S/C18H17ClF5N3OS/c19-10-2-1-3-11(20)13(10)17(28)25-8-12(15-14(16(21)22)26-9-29-15)27-6-4-18(23,24)5-7-27/h1-3,9,12,16H,4-8H2,(H,25,28). The van der Waals surface area contributed by atoms with Gasteiger partial charge in [-0.2, -0.15) is 0 Å². The van der Waals surface area contributed by atoms with Crippen molar-refractivity contribution in [2.24, 2.45) is 0 Å². The van der Waals surface area contributed by atoms with Gasteiger partial charge in [0, 0.05) is 32.5 Å². The van der Waals surface area contributed by atoms with Crippen LogP contribution in [-0.2, 0) is 0 Å². The van der Waals surface area contributed by atoms with Crippen LogP contribution in [0.2, 0.25) is 5.02 Å². The van der Waals surface area contributed by atoms with Crippen molar-refractivity contribution < 1.29 is 26.7 Å². The smallest absolute Gasteiger partial charge is 0.281 e. The zero-order valence-corrected chi connectivity index (χ0v) is 16.6. The fraction of sp³-hybridized carbons (Fsp3) is 0.444. The number of hydrogen-bond acceptors (Lipinski definition) is 4. The number of nitrogens with zero attached hydrogens (tertiary/aromatic N) is 2. The van der Waals surface area contributed by atoms with E-state index in [1.54, 1.807) is 4.90 Å². The van der Waals surface area contributed by atoms with Gasteiger partial charge >= 0.3 is 0 Å². The van der Waals surface area contributed by atoms with Gasteiger partial charge in [-0.15, -0.1) is 11.3 Å². The monoisotopic (exact) mass is 453 g/mol. The summed E-state index contributed by atoms with van der Waals surface area (Å²) < 4.78 is 67.7. The minimum absolute atomic E-state index is 0.0332. The van der Waals surface area contributed by atoms with Crippen molar-refractivity contribution in [2.45, 2.75) is 31.2 Å². The lowest BCUT2D eigenvalue weighted by Gasteiger charge is -2.37. The third-order valence-corrected chi connectivity index (χ3v) is 6.01. The number of carbonyl (C=O) groups excluding carboxylic acids is 1. The van der Waals surface area contributed by atoms with Gasteiger partial charge in [-0.1, -0.05) is 17.7 Å². The lowest BCUT2D eigenvalue weighted by atomic mass is 10.0. The van der Waals surface area contributed by atoms with E-state index in [0.29, 0.717) is 0 Å². The van der Waals surface area contributed by atoms with Crippen LogP contribution in [0.5, 0.6) is 0 Å². The van der Waals surface area contributed by atoms with E-state index < -0.39 is 48.6 Å². The summed E-state index contributed by atoms with van der Waals surface area (Å²) in [6, 6.07) is 2.97. The Morgan fingerprint density at radius 1 is 1.31 bits per heavy atom. The molecule has 1 saturated heterocycles. The van der Waals surface area contributed by atoms with Crippen molar-refractivity contribution in [2.75, 3.05) is 19.6 Å². The van der Waals surface area contributed by atoms with Crippen LogP contribution >= 0.6 is 22.9 Å². The Balaban J connectivity index is 1.82. The molecule has 1 aliphatic heterocycles. The zero-order valence-electron chi connectivity index (χ0n) is 15.0. The Morgan fingerprint density at radius 3 is 2.62 bits per heavy atom. The fourth-order valence-electron chi connectivity index (χ4n) is 3.22. The Hall–Kier alpha value is -1.78. The lowest BCUT2D eigenvalue weighted by Crippen LogP contribution is -2.45. The first-order chi connectivity index (χ1) is 13.7. The van der Waals surface area contributed by atoms with Crippen LogP contribution in [0.1, 0.15) is 46.2 Å². The minimum Gasteiger partial charge on any atom is -0.350 e. The van der Waals surface area contributed by atoms with E-state index in [4.69, 9.17) is 11.6 Å². The van der Waals surface area contributed by atoms with E-state index in [0.717, 1.165) is 17.4 Å². The van der Waals surface area contributed by atoms with Gasteiger partial charge in [-0.05, 0) is 12.1 Å². The van der Waals surface area contributed by atoms with E-state index in [1.165, 1.54) is 17.6 Å². The number of halogens is 6. The predicted molar refractivity (Wildman–Crippen MR) is 99.3 cm³/mol. The van der Waals surface area contributed by atoms with E-state index in [2.05, 4.69) is 10.3 Å². The van der Waals surface area contributed by atoms with Crippen LogP contribution in [0.4, 0.5) is 22.0 Å². The molecule has 1 atom stereocenters. The average molecular weight is 454 g/mol. The Labute approximate surface area is 172 Å². The number of benzene rings is 1. The summed E-state index contributed by atoms with van der Waals surface area (Å²) in [6.07, 6.45) is -3.68. The summed E-state index contributed by atoms with van der Waals surface area (Å²) >= 11 is 6.85. The van der Waals surface area contributed by atoms with Gasteiger partial charge in [0.2, 0.25) is 0 Å². The van der Waals surface area contributed by atoms with E-state index in [1.807, 2.05) is 0 Å². The van der Waals surface area contributed by atoms with Gasteiger partial charge < -0.3 is 5.32 Å². The Kier molecular flexibility index (Phi) is 6.75. The summed E-state index contributed by atoms with van der Waals surface area (Å²) in [5, 5.41) is 2.40. The molecule has 1 aromatic heterocycles. The second-order valence-electron chi connectivity index (χ2n) is 6.62. The largest absolute Gasteiger partial charge is 0.350 e. The molecule has 1 amide bonds. The molecule has 4 nitrogen and oxygen atoms in total. The summed E-state index contributed by atoms with van der Waals surface area (Å²) in [7, 11) is 0. The van der Waals surface area contributed by atoms with Crippen molar-refractivity contribution >= 4 is 28.8 Å². The SMILES string of the molecule is O=C(NCC(c1scnc1C(F)F)N1CCC(F)(F)CC1)c1c(F)cccc1Cl. The third kappa shape index (κ3) is 5.04. The van der Waals surface area contributed by atoms with Crippen LogP contribution in [-0.4, -0.2) is 41.3 Å². The average Bonchev–Trinajstić information content (AvgIpc) is 3.12. The quantitative estimate of drug-likeness (QED) is 0.621. The van der Waals surface area contributed by atoms with Crippen LogP contribution in [0.25, 0.3) is 0 Å². The van der Waals surface area contributed by atoms with Gasteiger partial charge in [0.05, 0.1) is 27.0 Å². The second-order valence-corrected chi connectivity index (χ2v) is 7.91. The normalized spacial score (nSPS) is 18.0. The van der Waals surface area contributed by atoms with Crippen LogP contribution in [0.15, 0.2) is 23.7 Å². The molecule has 3 rings (SSSR count). The van der Waals surface area contributed by atoms with Crippen molar-refractivity contribution in [3.8, 4) is 0 Å². The highest BCUT2D eigenvalue weighted by molar-refractivity contribution is 7.09. The van der Waals surface area contributed by atoms with Crippen LogP contribution in [0, 0.1) is 5.82 Å². The molecular weight excluding hydrogens is 437 g/mol. The fourth-order valence-corrected chi connectivity index (χ4v) is 4.40. The molecule has 1 unspecified atom stereocenters. The highest BCUT2D eigenvalue weighted by atomic mass is 35.5. The predicted octanol–water partition coefficient (Wildman–Crippen LogP) is 5.08. The minimum atomic E-state index is -2.85. The molecule has 0 bridgehead atoms. The van der Waals surface area contributed by atoms with Gasteiger partial charge in [-0.25, -0.2) is 26.9 Å². The van der Waals surface area contributed by atoms with Gasteiger partial charge in [0.1, 0.15) is 11.5 Å². The number of amides is 1. The van der Waals surface area contributed by atoms with E-state index >= 15 is 0 Å². The molecule has 1 aliphatic rings. The number of alkyl halides is 4. The third-order valence-electron chi connectivity index (χ3n) is 4.75. The number of hydrogen-bond donors (Lipinski definition) is 1. The summed E-state index contributed by atoms with van der Waals surface area (Å²) in [6.45, 7) is -0.250. The second kappa shape index (κ2) is 8.93. The molecule has 0 saturated carbocycles. The molecule has 0 aliphatic carbocycles. The highest BCUT2D eigenvalue weighted by Gasteiger charge is 2.38. The Morgan fingerprint density at radius 2 is 2.00 bits per heavy atom. The number of likely N-dealkylation sites (tertiary alicyclic amines) is 1. The molecule has 2 aromatic rings. The summed E-state index contributed by atoms with van der Waals surface area (Å²) in [5.74, 6) is -4.46. The number of piperidine rings is 1. The summed E-state index contributed by atoms with van der Waals surface area (Å²) in [5.41, 5.74) is 0.435. The molecule has 29 heavy (non-hydrogen) atoms. The van der Waals surface area contributed by atoms with Crippen molar-refractivity contribution in [1.29, 1.82) is 0 Å². The molecule has 1 fully saturated rings. The maximum Gasteiger partial charge on any atom is 0.281 e. The van der Waals surface area contributed by atoms with Crippen molar-refractivity contribution in [3.63, 3.8) is 0 Å². The molecule has 0 spiro atoms. The first-order valence-corrected chi connectivity index (χ1v) is 10.0. The van der Waals surface area contributed by atoms with E-state index in [9.17, 15) is 26.7 Å². The number of aromatic nitrogens is 1. The zero-order chi connectivity index (χ0) is 21.2. The molecule has 2 heterocycles. The van der Waals surface area contributed by atoms with Gasteiger partial charge in [0.15, 0.2) is 0 Å². The maximum absolute atomic E-state index is 14.0. The Bertz CT molecular complexity index is 849. The molecular formula is C18H17ClF5N3OS. The summed E-state index contributed by atoms with van der Waals surface area (Å²) in [4.78, 5) is 17.9. The van der Waals surface area contributed by atoms with Crippen molar-refractivity contribution in [1.82, 2.24) is 15.2 Å². The van der Waals surface area contributed by atoms with Gasteiger partial charge in [-0.3, -0.25) is 9.69 Å². The molecule has 1 aromatic carbocycles. The molecule has 0 radical (unpaired) electrons. The number of carbonyl (C=O) groups is 1. The van der Waals surface area contributed by atoms with Gasteiger partial charge in [0.25, 0.3) is 18.3 Å². The van der Waals surface area contributed by atoms with Crippen molar-refractivity contribution in [3.05, 3.63) is 50.7 Å². The molecule has 158 valence electrons. The number of rotatable bonds is 6. The lowest BCUT2D eigenvalue weighted by molar-refractivity contribution is -0.0631. The molecule has 1 N–H and O–H groups in total. The highest BCUT2D eigenvalue weighted by Crippen LogP contribution is 2.37. The maximum atomic E-state index is 14.0. The van der Waals surface area contributed by atoms with Crippen LogP contribution < -0.4 is 5.32 Å². The van der Waals surface area contributed by atoms with Crippen LogP contribution in [0.3, 0.4) is 0 Å². The van der Waals surface area contributed by atoms with E-state index in [-0.39, 0.29) is 35.1 Å². The first kappa shape index (κ1) is 21.9. The topological polar surface area (TPSA) is 45.2 Å².